The molecule has 0 atom stereocenters. The van der Waals surface area contributed by atoms with Crippen molar-refractivity contribution in [2.75, 3.05) is 11.9 Å². The molecule has 0 radical (unpaired) electrons. The van der Waals surface area contributed by atoms with Crippen LogP contribution in [0.2, 0.25) is 5.02 Å². The fourth-order valence-corrected chi connectivity index (χ4v) is 5.25. The number of carbonyl (C=O) groups is 1. The highest BCUT2D eigenvalue weighted by Crippen LogP contribution is 2.48. The van der Waals surface area contributed by atoms with Crippen molar-refractivity contribution in [1.29, 1.82) is 0 Å². The maximum Gasteiger partial charge on any atom is 0.319 e. The van der Waals surface area contributed by atoms with Gasteiger partial charge in [0.2, 0.25) is 5.89 Å². The second-order valence-corrected chi connectivity index (χ2v) is 9.19. The van der Waals surface area contributed by atoms with Gasteiger partial charge < -0.3 is 20.4 Å². The van der Waals surface area contributed by atoms with Gasteiger partial charge in [-0.1, -0.05) is 37.3 Å². The molecule has 9 heteroatoms. The van der Waals surface area contributed by atoms with E-state index in [1.54, 1.807) is 6.07 Å². The number of anilines is 1. The van der Waals surface area contributed by atoms with Crippen LogP contribution < -0.4 is 16.0 Å². The molecule has 1 aromatic heterocycles. The molecule has 2 fully saturated rings. The summed E-state index contributed by atoms with van der Waals surface area (Å²) in [5, 5.41) is 9.10. The Bertz CT molecular complexity index is 983. The van der Waals surface area contributed by atoms with Gasteiger partial charge in [0.25, 0.3) is 5.92 Å². The highest BCUT2D eigenvalue weighted by atomic mass is 35.5. The van der Waals surface area contributed by atoms with Crippen molar-refractivity contribution >= 4 is 34.4 Å². The second-order valence-electron chi connectivity index (χ2n) is 8.78. The lowest BCUT2D eigenvalue weighted by Crippen LogP contribution is -2.52. The van der Waals surface area contributed by atoms with E-state index in [1.807, 2.05) is 0 Å². The fraction of sp³-hybridized carbons (Fsp3) is 0.619. The van der Waals surface area contributed by atoms with Crippen LogP contribution in [0.25, 0.3) is 11.1 Å². The second kappa shape index (κ2) is 7.34. The van der Waals surface area contributed by atoms with Gasteiger partial charge >= 0.3 is 6.03 Å². The Balaban J connectivity index is 1.45. The summed E-state index contributed by atoms with van der Waals surface area (Å²) < 4.78 is 34.3. The Hall–Kier alpha value is -1.93. The number of nitrogens with one attached hydrogen (secondary N) is 3. The molecular weight excluding hydrogens is 414 g/mol. The molecule has 3 aliphatic rings. The van der Waals surface area contributed by atoms with E-state index < -0.39 is 23.9 Å². The van der Waals surface area contributed by atoms with E-state index >= 15 is 0 Å². The maximum atomic E-state index is 14.1. The topological polar surface area (TPSA) is 79.2 Å². The Morgan fingerprint density at radius 3 is 2.73 bits per heavy atom. The Labute approximate surface area is 178 Å². The third-order valence-electron chi connectivity index (χ3n) is 6.79. The minimum atomic E-state index is -2.72. The number of hydrogen-bond acceptors (Lipinski definition) is 4. The van der Waals surface area contributed by atoms with Crippen molar-refractivity contribution in [2.24, 2.45) is 5.92 Å². The highest BCUT2D eigenvalue weighted by Gasteiger charge is 2.44. The summed E-state index contributed by atoms with van der Waals surface area (Å²) >= 11 is 6.48. The molecule has 2 heterocycles. The zero-order valence-corrected chi connectivity index (χ0v) is 17.4. The summed E-state index contributed by atoms with van der Waals surface area (Å²) in [6.45, 7) is -0.285. The van der Waals surface area contributed by atoms with E-state index in [4.69, 9.17) is 16.0 Å². The van der Waals surface area contributed by atoms with E-state index in [0.29, 0.717) is 40.5 Å². The number of aromatic nitrogens is 1. The summed E-state index contributed by atoms with van der Waals surface area (Å²) in [6, 6.07) is 1.39. The van der Waals surface area contributed by atoms with Crippen LogP contribution in [0.15, 0.2) is 10.5 Å². The number of amides is 2. The Morgan fingerprint density at radius 2 is 2.03 bits per heavy atom. The quantitative estimate of drug-likeness (QED) is 0.591. The van der Waals surface area contributed by atoms with Crippen molar-refractivity contribution in [3.63, 3.8) is 0 Å². The first-order valence-electron chi connectivity index (χ1n) is 10.7. The summed E-state index contributed by atoms with van der Waals surface area (Å²) in [5.41, 5.74) is 1.97. The van der Waals surface area contributed by atoms with Crippen LogP contribution in [0, 0.1) is 5.92 Å². The molecular formula is C21H25ClF2N4O2. The number of urea groups is 1. The first-order chi connectivity index (χ1) is 14.4. The lowest BCUT2D eigenvalue weighted by atomic mass is 9.74. The van der Waals surface area contributed by atoms with Crippen molar-refractivity contribution in [2.45, 2.75) is 69.4 Å². The van der Waals surface area contributed by atoms with Crippen LogP contribution in [-0.4, -0.2) is 23.5 Å². The number of benzene rings is 1. The average Bonchev–Trinajstić information content (AvgIpc) is 3.02. The van der Waals surface area contributed by atoms with Gasteiger partial charge in [0.05, 0.1) is 29.3 Å². The summed E-state index contributed by atoms with van der Waals surface area (Å²) in [4.78, 5) is 16.8. The van der Waals surface area contributed by atoms with Crippen LogP contribution in [0.5, 0.6) is 0 Å². The zero-order valence-electron chi connectivity index (χ0n) is 16.6. The molecule has 1 aromatic carbocycles. The minimum absolute atomic E-state index is 0.107. The van der Waals surface area contributed by atoms with Gasteiger partial charge in [0.1, 0.15) is 5.52 Å². The third-order valence-corrected chi connectivity index (χ3v) is 7.09. The highest BCUT2D eigenvalue weighted by molar-refractivity contribution is 6.35. The van der Waals surface area contributed by atoms with Crippen molar-refractivity contribution in [3.05, 3.63) is 22.5 Å². The van der Waals surface area contributed by atoms with Crippen LogP contribution in [0.1, 0.15) is 62.8 Å². The predicted molar refractivity (Wildman–Crippen MR) is 110 cm³/mol. The standard InChI is InChI=1S/C21H25ClF2N4O2/c22-13-9-14-18(16-17(13)27-19(29)28-20(16)7-2-1-3-8-20)30-15(26-14)10-25-11-21(23,24)12-5-4-6-12/h9,12,25H,1-8,10-11H2,(H2,27,28,29). The first kappa shape index (κ1) is 20.0. The van der Waals surface area contributed by atoms with Crippen molar-refractivity contribution < 1.29 is 18.0 Å². The van der Waals surface area contributed by atoms with E-state index in [1.165, 1.54) is 0 Å². The summed E-state index contributed by atoms with van der Waals surface area (Å²) in [7, 11) is 0. The number of rotatable bonds is 5. The Morgan fingerprint density at radius 1 is 1.27 bits per heavy atom. The SMILES string of the molecule is O=C1Nc2c(Cl)cc3nc(CNCC(F)(F)C4CCC4)oc3c2C2(CCCCC2)N1. The van der Waals surface area contributed by atoms with Gasteiger partial charge in [-0.15, -0.1) is 0 Å². The van der Waals surface area contributed by atoms with E-state index in [0.717, 1.165) is 44.1 Å². The first-order valence-corrected chi connectivity index (χ1v) is 11.1. The molecule has 1 spiro atoms. The van der Waals surface area contributed by atoms with Crippen LogP contribution in [0.4, 0.5) is 19.3 Å². The smallest absolute Gasteiger partial charge is 0.319 e. The molecule has 2 aliphatic carbocycles. The van der Waals surface area contributed by atoms with Crippen LogP contribution >= 0.6 is 11.6 Å². The molecule has 2 amide bonds. The lowest BCUT2D eigenvalue weighted by Gasteiger charge is -2.42. The third kappa shape index (κ3) is 3.34. The van der Waals surface area contributed by atoms with Crippen LogP contribution in [0.3, 0.4) is 0 Å². The maximum absolute atomic E-state index is 14.1. The molecule has 2 aromatic rings. The van der Waals surface area contributed by atoms with Crippen molar-refractivity contribution in [1.82, 2.24) is 15.6 Å². The van der Waals surface area contributed by atoms with Crippen LogP contribution in [-0.2, 0) is 12.1 Å². The largest absolute Gasteiger partial charge is 0.439 e. The molecule has 3 N–H and O–H groups in total. The molecule has 5 rings (SSSR count). The van der Waals surface area contributed by atoms with Gasteiger partial charge in [-0.25, -0.2) is 18.6 Å². The zero-order chi connectivity index (χ0) is 20.9. The average molecular weight is 439 g/mol. The van der Waals surface area contributed by atoms with Gasteiger partial charge in [0, 0.05) is 11.5 Å². The summed E-state index contributed by atoms with van der Waals surface area (Å²) in [5.74, 6) is -2.91. The monoisotopic (exact) mass is 438 g/mol. The molecule has 6 nitrogen and oxygen atoms in total. The number of alkyl halides is 2. The number of carbonyl (C=O) groups excluding carboxylic acids is 1. The predicted octanol–water partition coefficient (Wildman–Crippen LogP) is 5.30. The molecule has 0 unspecified atom stereocenters. The molecule has 0 saturated heterocycles. The van der Waals surface area contributed by atoms with Gasteiger partial charge in [-0.2, -0.15) is 0 Å². The normalized spacial score (nSPS) is 21.2. The number of halogens is 3. The Kier molecular flexibility index (Phi) is 4.89. The van der Waals surface area contributed by atoms with Gasteiger partial charge in [-0.05, 0) is 31.7 Å². The lowest BCUT2D eigenvalue weighted by molar-refractivity contribution is -0.0848. The molecule has 2 saturated carbocycles. The number of fused-ring (bicyclic) bond motifs is 4. The molecule has 162 valence electrons. The molecule has 0 bridgehead atoms. The number of hydrogen-bond donors (Lipinski definition) is 3. The molecule has 30 heavy (non-hydrogen) atoms. The van der Waals surface area contributed by atoms with Gasteiger partial charge in [0.15, 0.2) is 5.58 Å². The minimum Gasteiger partial charge on any atom is -0.439 e. The van der Waals surface area contributed by atoms with Gasteiger partial charge in [-0.3, -0.25) is 0 Å². The van der Waals surface area contributed by atoms with E-state index in [9.17, 15) is 13.6 Å². The van der Waals surface area contributed by atoms with E-state index in [-0.39, 0.29) is 12.6 Å². The molecule has 1 aliphatic heterocycles. The summed E-state index contributed by atoms with van der Waals surface area (Å²) in [6.07, 6.45) is 6.75. The van der Waals surface area contributed by atoms with Crippen molar-refractivity contribution in [3.8, 4) is 0 Å². The van der Waals surface area contributed by atoms with E-state index in [2.05, 4.69) is 20.9 Å². The fourth-order valence-electron chi connectivity index (χ4n) is 5.00. The number of nitrogens with zero attached hydrogens (tertiary/aromatic N) is 1. The number of oxazole rings is 1.